The molecule has 216 valence electrons. The first kappa shape index (κ1) is 29.3. The lowest BCUT2D eigenvalue weighted by Crippen LogP contribution is -2.43. The van der Waals surface area contributed by atoms with Crippen LogP contribution in [0.5, 0.6) is 5.75 Å². The van der Waals surface area contributed by atoms with E-state index in [1.807, 2.05) is 48.5 Å². The normalized spacial score (nSPS) is 28.7. The minimum absolute atomic E-state index is 0. The van der Waals surface area contributed by atoms with Gasteiger partial charge in [-0.3, -0.25) is 9.98 Å². The van der Waals surface area contributed by atoms with Gasteiger partial charge >= 0.3 is 0 Å². The number of nitrogens with one attached hydrogen (secondary N) is 1. The summed E-state index contributed by atoms with van der Waals surface area (Å²) >= 11 is 6.14. The van der Waals surface area contributed by atoms with Crippen LogP contribution in [0.25, 0.3) is 0 Å². The lowest BCUT2D eigenvalue weighted by Gasteiger charge is -2.50. The van der Waals surface area contributed by atoms with Crippen molar-refractivity contribution >= 4 is 28.8 Å². The zero-order chi connectivity index (χ0) is 27.9. The Kier molecular flexibility index (Phi) is 8.55. The Labute approximate surface area is 247 Å². The summed E-state index contributed by atoms with van der Waals surface area (Å²) in [7, 11) is 1.76. The Balaban J connectivity index is 0.000000161. The zero-order valence-corrected chi connectivity index (χ0v) is 24.5. The minimum Gasteiger partial charge on any atom is -0.508 e. The number of halogens is 1. The first-order valence-electron chi connectivity index (χ1n) is 14.5. The van der Waals surface area contributed by atoms with Crippen molar-refractivity contribution in [1.29, 1.82) is 0 Å². The molecule has 0 unspecified atom stereocenters. The van der Waals surface area contributed by atoms with E-state index in [0.717, 1.165) is 53.5 Å². The molecule has 2 fully saturated rings. The molecule has 7 rings (SSSR count). The van der Waals surface area contributed by atoms with Gasteiger partial charge in [-0.25, -0.2) is 0 Å². The van der Waals surface area contributed by atoms with E-state index >= 15 is 0 Å². The molecule has 0 saturated heterocycles. The molecule has 0 bridgehead atoms. The fourth-order valence-electron chi connectivity index (χ4n) is 7.77. The fraction of sp³-hybridized carbons (Fsp3) is 0.412. The van der Waals surface area contributed by atoms with E-state index in [1.165, 1.54) is 30.4 Å². The number of rotatable bonds is 1. The molecular weight excluding hydrogens is 534 g/mol. The molecule has 3 aromatic carbocycles. The number of aliphatic hydroxyl groups excluding tert-OH is 1. The topological polar surface area (TPSA) is 109 Å². The van der Waals surface area contributed by atoms with Crippen molar-refractivity contribution in [2.24, 2.45) is 27.2 Å². The number of hydrogen-bond donors (Lipinski definition) is 3. The lowest BCUT2D eigenvalue weighted by atomic mass is 9.55. The van der Waals surface area contributed by atoms with Crippen LogP contribution in [0.15, 0.2) is 76.7 Å². The number of anilines is 1. The minimum atomic E-state index is -0.0883. The lowest BCUT2D eigenvalue weighted by molar-refractivity contribution is -0.0226. The zero-order valence-electron chi connectivity index (χ0n) is 23.8. The second-order valence-corrected chi connectivity index (χ2v) is 12.4. The molecule has 2 saturated carbocycles. The van der Waals surface area contributed by atoms with Gasteiger partial charge in [0.15, 0.2) is 0 Å². The molecule has 7 heteroatoms. The molecule has 1 aliphatic heterocycles. The standard InChI is InChI=1S/C18H24O2.C16H14ClN3.H2O/c1-18-9-8-14-13-5-3-12(19)10-11(13)2-4-15(14)16(18)6-7-17(18)20;1-18-15-10-19-16(11-5-3-2-4-6-11)13-9-12(17)7-8-14(13)20-15;/h3,5,10,14-17,19-20H,2,4,6-9H2,1H3;2-9H,10H2,1H3,(H,18,20);1H2/t14-,15-,16+,17+,18+;;/m1../s1. The van der Waals surface area contributed by atoms with Crippen molar-refractivity contribution in [1.82, 2.24) is 0 Å². The van der Waals surface area contributed by atoms with Crippen LogP contribution < -0.4 is 5.32 Å². The summed E-state index contributed by atoms with van der Waals surface area (Å²) in [6, 6.07) is 21.9. The smallest absolute Gasteiger partial charge is 0.122 e. The highest BCUT2D eigenvalue weighted by Gasteiger charge is 2.54. The van der Waals surface area contributed by atoms with E-state index in [4.69, 9.17) is 16.6 Å². The monoisotopic (exact) mass is 573 g/mol. The molecule has 6 nitrogen and oxygen atoms in total. The number of fused-ring (bicyclic) bond motifs is 6. The Morgan fingerprint density at radius 1 is 1.00 bits per heavy atom. The predicted molar refractivity (Wildman–Crippen MR) is 168 cm³/mol. The molecule has 41 heavy (non-hydrogen) atoms. The summed E-state index contributed by atoms with van der Waals surface area (Å²) < 4.78 is 0. The van der Waals surface area contributed by atoms with E-state index in [1.54, 1.807) is 7.05 Å². The van der Waals surface area contributed by atoms with E-state index in [2.05, 4.69) is 35.4 Å². The predicted octanol–water partition coefficient (Wildman–Crippen LogP) is 6.42. The maximum atomic E-state index is 10.4. The molecule has 0 radical (unpaired) electrons. The van der Waals surface area contributed by atoms with Crippen LogP contribution in [-0.4, -0.2) is 46.9 Å². The molecule has 0 amide bonds. The number of nitrogens with zero attached hydrogens (tertiary/aromatic N) is 2. The highest BCUT2D eigenvalue weighted by atomic mass is 35.5. The number of aliphatic imine (C=N–C) groups is 2. The molecule has 5 N–H and O–H groups in total. The van der Waals surface area contributed by atoms with Crippen molar-refractivity contribution in [2.45, 2.75) is 57.5 Å². The van der Waals surface area contributed by atoms with E-state index in [-0.39, 0.29) is 17.0 Å². The molecule has 3 aliphatic carbocycles. The number of benzodiazepines with no additional fused rings is 1. The third-order valence-electron chi connectivity index (χ3n) is 9.88. The Bertz CT molecular complexity index is 1460. The van der Waals surface area contributed by atoms with Crippen LogP contribution in [0, 0.1) is 17.3 Å². The van der Waals surface area contributed by atoms with Gasteiger partial charge in [-0.2, -0.15) is 0 Å². The number of aryl methyl sites for hydroxylation is 1. The van der Waals surface area contributed by atoms with Gasteiger partial charge in [-0.15, -0.1) is 0 Å². The van der Waals surface area contributed by atoms with Crippen molar-refractivity contribution in [2.75, 3.05) is 18.9 Å². The molecule has 0 spiro atoms. The molecule has 4 aliphatic rings. The number of benzene rings is 3. The summed E-state index contributed by atoms with van der Waals surface area (Å²) in [6.45, 7) is 2.85. The molecular formula is C34H40ClN3O3. The van der Waals surface area contributed by atoms with Gasteiger partial charge < -0.3 is 21.0 Å². The van der Waals surface area contributed by atoms with Gasteiger partial charge in [0.05, 0.1) is 18.4 Å². The van der Waals surface area contributed by atoms with Gasteiger partial charge in [0.25, 0.3) is 0 Å². The summed E-state index contributed by atoms with van der Waals surface area (Å²) in [5, 5.41) is 24.1. The van der Waals surface area contributed by atoms with Crippen LogP contribution >= 0.6 is 11.6 Å². The van der Waals surface area contributed by atoms with E-state index in [0.29, 0.717) is 29.2 Å². The second kappa shape index (κ2) is 12.0. The van der Waals surface area contributed by atoms with Crippen LogP contribution in [-0.2, 0) is 6.42 Å². The average Bonchev–Trinajstić information content (AvgIpc) is 3.16. The number of aliphatic hydroxyl groups is 1. The molecule has 5 atom stereocenters. The molecule has 0 aromatic heterocycles. The summed E-state index contributed by atoms with van der Waals surface area (Å²) in [4.78, 5) is 8.92. The number of aromatic hydroxyl groups is 1. The maximum Gasteiger partial charge on any atom is 0.122 e. The number of phenols is 1. The third kappa shape index (κ3) is 5.53. The van der Waals surface area contributed by atoms with Crippen LogP contribution in [0.2, 0.25) is 5.02 Å². The van der Waals surface area contributed by atoms with Crippen molar-refractivity contribution < 1.29 is 15.7 Å². The van der Waals surface area contributed by atoms with Crippen LogP contribution in [0.3, 0.4) is 0 Å². The first-order valence-corrected chi connectivity index (χ1v) is 14.9. The Hall–Kier alpha value is -3.19. The average molecular weight is 574 g/mol. The number of hydrogen-bond acceptors (Lipinski definition) is 4. The van der Waals surface area contributed by atoms with Crippen molar-refractivity contribution in [3.8, 4) is 5.75 Å². The second-order valence-electron chi connectivity index (χ2n) is 12.0. The Morgan fingerprint density at radius 2 is 1.80 bits per heavy atom. The summed E-state index contributed by atoms with van der Waals surface area (Å²) in [5.74, 6) is 3.34. The summed E-state index contributed by atoms with van der Waals surface area (Å²) in [6.07, 6.45) is 6.78. The van der Waals surface area contributed by atoms with Crippen molar-refractivity contribution in [3.05, 3.63) is 94.0 Å². The quantitative estimate of drug-likeness (QED) is 0.313. The van der Waals surface area contributed by atoms with Gasteiger partial charge in [0.2, 0.25) is 0 Å². The van der Waals surface area contributed by atoms with Gasteiger partial charge in [-0.05, 0) is 103 Å². The van der Waals surface area contributed by atoms with Gasteiger partial charge in [-0.1, -0.05) is 54.9 Å². The third-order valence-corrected chi connectivity index (χ3v) is 10.1. The SMILES string of the molecule is CN=C1CN=C(c2ccccc2)c2cc(Cl)ccc2N1.C[C@]12CC[C@@H]3c4ccc(O)cc4CC[C@H]3[C@@H]1CC[C@@H]2O.O. The highest BCUT2D eigenvalue weighted by Crippen LogP contribution is 2.60. The van der Waals surface area contributed by atoms with Gasteiger partial charge in [0, 0.05) is 28.9 Å². The van der Waals surface area contributed by atoms with Crippen molar-refractivity contribution in [3.63, 3.8) is 0 Å². The Morgan fingerprint density at radius 3 is 2.59 bits per heavy atom. The fourth-order valence-corrected chi connectivity index (χ4v) is 7.94. The number of phenolic OH excluding ortho intramolecular Hbond substituents is 1. The van der Waals surface area contributed by atoms with Crippen LogP contribution in [0.1, 0.15) is 67.2 Å². The van der Waals surface area contributed by atoms with E-state index < -0.39 is 0 Å². The largest absolute Gasteiger partial charge is 0.508 e. The number of amidine groups is 1. The summed E-state index contributed by atoms with van der Waals surface area (Å²) in [5.41, 5.74) is 6.99. The van der Waals surface area contributed by atoms with Crippen LogP contribution in [0.4, 0.5) is 5.69 Å². The highest BCUT2D eigenvalue weighted by molar-refractivity contribution is 6.32. The van der Waals surface area contributed by atoms with E-state index in [9.17, 15) is 10.2 Å². The van der Waals surface area contributed by atoms with Gasteiger partial charge in [0.1, 0.15) is 11.6 Å². The molecule has 3 aromatic rings. The first-order chi connectivity index (χ1) is 19.4. The maximum absolute atomic E-state index is 10.4. The molecule has 1 heterocycles.